The third-order valence-electron chi connectivity index (χ3n) is 4.59. The zero-order valence-electron chi connectivity index (χ0n) is 15.1. The minimum Gasteiger partial charge on any atom is -0.488 e. The third kappa shape index (κ3) is 4.25. The molecule has 2 N–H and O–H groups in total. The van der Waals surface area contributed by atoms with Crippen LogP contribution in [0.15, 0.2) is 42.0 Å². The number of pyridine rings is 1. The van der Waals surface area contributed by atoms with Crippen molar-refractivity contribution in [3.63, 3.8) is 0 Å². The molecule has 0 bridgehead atoms. The number of halogens is 2. The summed E-state index contributed by atoms with van der Waals surface area (Å²) in [7, 11) is 0. The Morgan fingerprint density at radius 2 is 2.03 bits per heavy atom. The number of aromatic nitrogens is 2. The predicted octanol–water partition coefficient (Wildman–Crippen LogP) is 4.03. The predicted molar refractivity (Wildman–Crippen MR) is 104 cm³/mol. The van der Waals surface area contributed by atoms with Crippen molar-refractivity contribution in [1.82, 2.24) is 9.97 Å². The van der Waals surface area contributed by atoms with E-state index < -0.39 is 17.5 Å². The SMILES string of the molecule is O=C(Nc1cnccc1O[C@@H]1CC[C@H](O)C1)c1csc(-c2c(F)cccc2F)n1. The molecule has 0 radical (unpaired) electrons. The first-order valence-corrected chi connectivity index (χ1v) is 9.89. The number of hydrogen-bond donors (Lipinski definition) is 2. The van der Waals surface area contributed by atoms with Crippen LogP contribution in [0.3, 0.4) is 0 Å². The van der Waals surface area contributed by atoms with Crippen molar-refractivity contribution >= 4 is 22.9 Å². The monoisotopic (exact) mass is 417 g/mol. The van der Waals surface area contributed by atoms with Crippen LogP contribution in [0.25, 0.3) is 10.6 Å². The Hall–Kier alpha value is -2.91. The van der Waals surface area contributed by atoms with Gasteiger partial charge in [-0.3, -0.25) is 9.78 Å². The van der Waals surface area contributed by atoms with Gasteiger partial charge in [-0.15, -0.1) is 11.3 Å². The van der Waals surface area contributed by atoms with Gasteiger partial charge in [0.2, 0.25) is 0 Å². The van der Waals surface area contributed by atoms with Gasteiger partial charge in [0.15, 0.2) is 0 Å². The smallest absolute Gasteiger partial charge is 0.275 e. The third-order valence-corrected chi connectivity index (χ3v) is 5.45. The van der Waals surface area contributed by atoms with Crippen molar-refractivity contribution in [2.45, 2.75) is 31.5 Å². The number of nitrogens with zero attached hydrogens (tertiary/aromatic N) is 2. The number of hydrogen-bond acceptors (Lipinski definition) is 6. The molecule has 1 amide bonds. The normalized spacial score (nSPS) is 18.6. The Morgan fingerprint density at radius 3 is 2.76 bits per heavy atom. The number of ether oxygens (including phenoxy) is 1. The zero-order chi connectivity index (χ0) is 20.4. The quantitative estimate of drug-likeness (QED) is 0.655. The number of rotatable bonds is 5. The minimum absolute atomic E-state index is 0.0266. The van der Waals surface area contributed by atoms with E-state index in [1.165, 1.54) is 23.8 Å². The number of carbonyl (C=O) groups excluding carboxylic acids is 1. The molecule has 150 valence electrons. The highest BCUT2D eigenvalue weighted by Gasteiger charge is 2.25. The van der Waals surface area contributed by atoms with Crippen LogP contribution < -0.4 is 10.1 Å². The van der Waals surface area contributed by atoms with E-state index in [1.54, 1.807) is 6.07 Å². The lowest BCUT2D eigenvalue weighted by molar-refractivity contribution is 0.102. The maximum absolute atomic E-state index is 14.0. The van der Waals surface area contributed by atoms with Crippen LogP contribution in [0.2, 0.25) is 0 Å². The Bertz CT molecular complexity index is 1020. The van der Waals surface area contributed by atoms with Gasteiger partial charge in [-0.1, -0.05) is 6.07 Å². The largest absolute Gasteiger partial charge is 0.488 e. The number of nitrogens with one attached hydrogen (secondary N) is 1. The number of carbonyl (C=O) groups is 1. The first-order chi connectivity index (χ1) is 14.0. The van der Waals surface area contributed by atoms with Crippen LogP contribution in [0, 0.1) is 11.6 Å². The average molecular weight is 417 g/mol. The van der Waals surface area contributed by atoms with Gasteiger partial charge in [0.1, 0.15) is 39.9 Å². The second kappa shape index (κ2) is 8.22. The van der Waals surface area contributed by atoms with Crippen molar-refractivity contribution in [3.8, 4) is 16.3 Å². The fraction of sp³-hybridized carbons (Fsp3) is 0.250. The van der Waals surface area contributed by atoms with Crippen LogP contribution in [-0.2, 0) is 0 Å². The molecule has 9 heteroatoms. The first-order valence-electron chi connectivity index (χ1n) is 9.01. The molecule has 29 heavy (non-hydrogen) atoms. The van der Waals surface area contributed by atoms with Crippen molar-refractivity contribution in [1.29, 1.82) is 0 Å². The lowest BCUT2D eigenvalue weighted by atomic mass is 10.2. The molecule has 1 fully saturated rings. The molecule has 1 saturated carbocycles. The highest BCUT2D eigenvalue weighted by Crippen LogP contribution is 2.31. The zero-order valence-corrected chi connectivity index (χ0v) is 16.0. The molecule has 1 aromatic carbocycles. The Labute approximate surface area is 169 Å². The van der Waals surface area contributed by atoms with Gasteiger partial charge in [-0.05, 0) is 25.0 Å². The van der Waals surface area contributed by atoms with E-state index in [-0.39, 0.29) is 28.5 Å². The maximum Gasteiger partial charge on any atom is 0.275 e. The second-order valence-corrected chi connectivity index (χ2v) is 7.53. The van der Waals surface area contributed by atoms with Crippen LogP contribution in [-0.4, -0.2) is 33.2 Å². The summed E-state index contributed by atoms with van der Waals surface area (Å²) in [6, 6.07) is 5.17. The molecular weight excluding hydrogens is 400 g/mol. The Balaban J connectivity index is 1.51. The van der Waals surface area contributed by atoms with Crippen LogP contribution >= 0.6 is 11.3 Å². The summed E-state index contributed by atoms with van der Waals surface area (Å²) in [5.74, 6) is -1.60. The second-order valence-electron chi connectivity index (χ2n) is 6.67. The lowest BCUT2D eigenvalue weighted by Gasteiger charge is -2.16. The molecule has 0 aliphatic heterocycles. The number of aliphatic hydroxyl groups is 1. The molecule has 4 rings (SSSR count). The van der Waals surface area contributed by atoms with Gasteiger partial charge in [-0.2, -0.15) is 0 Å². The molecule has 0 unspecified atom stereocenters. The van der Waals surface area contributed by atoms with Gasteiger partial charge in [0, 0.05) is 24.1 Å². The molecule has 2 heterocycles. The molecule has 0 saturated heterocycles. The van der Waals surface area contributed by atoms with E-state index in [2.05, 4.69) is 15.3 Å². The maximum atomic E-state index is 14.0. The molecule has 3 aromatic rings. The minimum atomic E-state index is -0.743. The average Bonchev–Trinajstić information content (AvgIpc) is 3.33. The topological polar surface area (TPSA) is 84.3 Å². The summed E-state index contributed by atoms with van der Waals surface area (Å²) in [6.07, 6.45) is 4.39. The number of amides is 1. The fourth-order valence-corrected chi connectivity index (χ4v) is 4.01. The summed E-state index contributed by atoms with van der Waals surface area (Å²) < 4.78 is 33.8. The standard InChI is InChI=1S/C20H17F2N3O3S/c21-13-2-1-3-14(22)18(13)20-25-16(10-29-20)19(27)24-15-9-23-7-6-17(15)28-12-5-4-11(26)8-12/h1-3,6-7,9-12,26H,4-5,8H2,(H,24,27)/t11-,12+/m0/s1. The number of benzene rings is 1. The lowest BCUT2D eigenvalue weighted by Crippen LogP contribution is -2.17. The van der Waals surface area contributed by atoms with E-state index in [0.717, 1.165) is 29.9 Å². The summed E-state index contributed by atoms with van der Waals surface area (Å²) in [5.41, 5.74) is 0.117. The molecule has 2 atom stereocenters. The van der Waals surface area contributed by atoms with Crippen LogP contribution in [0.5, 0.6) is 5.75 Å². The van der Waals surface area contributed by atoms with Gasteiger partial charge < -0.3 is 15.2 Å². The number of aliphatic hydroxyl groups excluding tert-OH is 1. The first kappa shape index (κ1) is 19.4. The van der Waals surface area contributed by atoms with Gasteiger partial charge in [0.25, 0.3) is 5.91 Å². The summed E-state index contributed by atoms with van der Waals surface area (Å²) in [4.78, 5) is 20.7. The summed E-state index contributed by atoms with van der Waals surface area (Å²) in [6.45, 7) is 0. The molecule has 1 aliphatic carbocycles. The molecule has 6 nitrogen and oxygen atoms in total. The van der Waals surface area contributed by atoms with Crippen molar-refractivity contribution in [3.05, 3.63) is 59.4 Å². The Kier molecular flexibility index (Phi) is 5.50. The number of thiazole rings is 1. The van der Waals surface area contributed by atoms with E-state index in [0.29, 0.717) is 24.3 Å². The summed E-state index contributed by atoms with van der Waals surface area (Å²) in [5, 5.41) is 13.8. The van der Waals surface area contributed by atoms with Gasteiger partial charge in [-0.25, -0.2) is 13.8 Å². The Morgan fingerprint density at radius 1 is 1.24 bits per heavy atom. The van der Waals surface area contributed by atoms with Gasteiger partial charge >= 0.3 is 0 Å². The summed E-state index contributed by atoms with van der Waals surface area (Å²) >= 11 is 0.974. The van der Waals surface area contributed by atoms with Crippen LogP contribution in [0.1, 0.15) is 29.8 Å². The van der Waals surface area contributed by atoms with Crippen molar-refractivity contribution in [2.24, 2.45) is 0 Å². The highest BCUT2D eigenvalue weighted by molar-refractivity contribution is 7.13. The van der Waals surface area contributed by atoms with E-state index in [9.17, 15) is 18.7 Å². The molecular formula is C20H17F2N3O3S. The highest BCUT2D eigenvalue weighted by atomic mass is 32.1. The van der Waals surface area contributed by atoms with Crippen molar-refractivity contribution in [2.75, 3.05) is 5.32 Å². The van der Waals surface area contributed by atoms with Gasteiger partial charge in [0.05, 0.1) is 17.9 Å². The molecule has 1 aliphatic rings. The van der Waals surface area contributed by atoms with E-state index in [1.807, 2.05) is 0 Å². The molecule has 0 spiro atoms. The van der Waals surface area contributed by atoms with E-state index >= 15 is 0 Å². The fourth-order valence-electron chi connectivity index (χ4n) is 3.16. The van der Waals surface area contributed by atoms with E-state index in [4.69, 9.17) is 4.74 Å². The number of anilines is 1. The van der Waals surface area contributed by atoms with Crippen LogP contribution in [0.4, 0.5) is 14.5 Å². The molecule has 2 aromatic heterocycles. The van der Waals surface area contributed by atoms with Crippen molar-refractivity contribution < 1.29 is 23.4 Å².